The summed E-state index contributed by atoms with van der Waals surface area (Å²) in [5.74, 6) is -0.340. The maximum atomic E-state index is 12.4. The van der Waals surface area contributed by atoms with Crippen molar-refractivity contribution in [2.24, 2.45) is 0 Å². The third-order valence-corrected chi connectivity index (χ3v) is 5.44. The molecule has 140 valence electrons. The maximum Gasteiger partial charge on any atom is 0.306 e. The molecule has 2 aromatic heterocycles. The lowest BCUT2D eigenvalue weighted by atomic mass is 9.97. The number of fused-ring (bicyclic) bond motifs is 3. The van der Waals surface area contributed by atoms with Crippen molar-refractivity contribution in [2.45, 2.75) is 58.4 Å². The van der Waals surface area contributed by atoms with E-state index in [2.05, 4.69) is 15.3 Å². The molecule has 1 aliphatic rings. The Kier molecular flexibility index (Phi) is 5.70. The Balaban J connectivity index is 1.62. The second-order valence-corrected chi connectivity index (χ2v) is 7.87. The monoisotopic (exact) mass is 377 g/mol. The zero-order chi connectivity index (χ0) is 18.7. The van der Waals surface area contributed by atoms with Crippen molar-refractivity contribution in [2.75, 3.05) is 6.61 Å². The SMILES string of the molecule is CC(C)NC(=O)COC(=O)CCc1nc2sc3c(c2c(=O)[nH]1)CCCC3. The maximum absolute atomic E-state index is 12.4. The topological polar surface area (TPSA) is 101 Å². The van der Waals surface area contributed by atoms with E-state index in [0.29, 0.717) is 11.2 Å². The number of carbonyl (C=O) groups is 2. The molecule has 0 aromatic carbocycles. The standard InChI is InChI=1S/C18H23N3O4S/c1-10(2)19-14(22)9-25-15(23)8-7-13-20-17(24)16-11-5-3-4-6-12(11)26-18(16)21-13/h10H,3-9H2,1-2H3,(H,19,22)(H,20,21,24). The van der Waals surface area contributed by atoms with Gasteiger partial charge in [0.1, 0.15) is 10.7 Å². The number of rotatable bonds is 6. The Labute approximate surface area is 155 Å². The van der Waals surface area contributed by atoms with Gasteiger partial charge >= 0.3 is 5.97 Å². The molecule has 2 heterocycles. The normalized spacial score (nSPS) is 13.7. The van der Waals surface area contributed by atoms with Gasteiger partial charge in [0.2, 0.25) is 0 Å². The predicted octanol–water partition coefficient (Wildman–Crippen LogP) is 1.86. The van der Waals surface area contributed by atoms with Crippen molar-refractivity contribution in [3.8, 4) is 0 Å². The average Bonchev–Trinajstić information content (AvgIpc) is 2.96. The van der Waals surface area contributed by atoms with Crippen LogP contribution in [0.15, 0.2) is 4.79 Å². The Bertz CT molecular complexity index is 884. The Morgan fingerprint density at radius 2 is 2.08 bits per heavy atom. The summed E-state index contributed by atoms with van der Waals surface area (Å²) < 4.78 is 4.94. The van der Waals surface area contributed by atoms with Crippen molar-refractivity contribution in [3.63, 3.8) is 0 Å². The van der Waals surface area contributed by atoms with Gasteiger partial charge in [0.25, 0.3) is 11.5 Å². The van der Waals surface area contributed by atoms with Crippen LogP contribution in [-0.2, 0) is 33.6 Å². The third-order valence-electron chi connectivity index (χ3n) is 4.25. The third kappa shape index (κ3) is 4.30. The van der Waals surface area contributed by atoms with Gasteiger partial charge in [-0.1, -0.05) is 0 Å². The molecule has 0 saturated carbocycles. The van der Waals surface area contributed by atoms with Crippen molar-refractivity contribution < 1.29 is 14.3 Å². The van der Waals surface area contributed by atoms with Crippen LogP contribution in [0.3, 0.4) is 0 Å². The predicted molar refractivity (Wildman–Crippen MR) is 99.4 cm³/mol. The van der Waals surface area contributed by atoms with Crippen molar-refractivity contribution in [1.82, 2.24) is 15.3 Å². The molecule has 0 spiro atoms. The molecular weight excluding hydrogens is 354 g/mol. The molecule has 0 unspecified atom stereocenters. The van der Waals surface area contributed by atoms with Gasteiger partial charge in [-0.05, 0) is 45.1 Å². The van der Waals surface area contributed by atoms with Gasteiger partial charge in [0.15, 0.2) is 6.61 Å². The first-order chi connectivity index (χ1) is 12.4. The van der Waals surface area contributed by atoms with E-state index >= 15 is 0 Å². The second kappa shape index (κ2) is 7.99. The first kappa shape index (κ1) is 18.6. The van der Waals surface area contributed by atoms with Crippen LogP contribution in [-0.4, -0.2) is 34.5 Å². The molecule has 2 N–H and O–H groups in total. The molecule has 2 aromatic rings. The van der Waals surface area contributed by atoms with Crippen LogP contribution in [0.25, 0.3) is 10.2 Å². The summed E-state index contributed by atoms with van der Waals surface area (Å²) >= 11 is 1.58. The van der Waals surface area contributed by atoms with Gasteiger partial charge in [-0.2, -0.15) is 0 Å². The van der Waals surface area contributed by atoms with E-state index < -0.39 is 5.97 Å². The molecule has 3 rings (SSSR count). The van der Waals surface area contributed by atoms with E-state index in [0.717, 1.165) is 36.1 Å². The van der Waals surface area contributed by atoms with E-state index in [9.17, 15) is 14.4 Å². The number of esters is 1. The highest BCUT2D eigenvalue weighted by Gasteiger charge is 2.20. The van der Waals surface area contributed by atoms with Gasteiger partial charge in [0.05, 0.1) is 11.8 Å². The number of aryl methyl sites for hydroxylation is 3. The molecule has 8 heteroatoms. The minimum atomic E-state index is -0.489. The van der Waals surface area contributed by atoms with E-state index in [1.165, 1.54) is 4.88 Å². The first-order valence-corrected chi connectivity index (χ1v) is 9.74. The number of nitrogens with one attached hydrogen (secondary N) is 2. The molecule has 1 aliphatic carbocycles. The van der Waals surface area contributed by atoms with Crippen molar-refractivity contribution in [1.29, 1.82) is 0 Å². The molecule has 0 bridgehead atoms. The lowest BCUT2D eigenvalue weighted by Crippen LogP contribution is -2.34. The van der Waals surface area contributed by atoms with Crippen LogP contribution < -0.4 is 10.9 Å². The highest BCUT2D eigenvalue weighted by molar-refractivity contribution is 7.18. The first-order valence-electron chi connectivity index (χ1n) is 8.92. The Morgan fingerprint density at radius 1 is 1.31 bits per heavy atom. The summed E-state index contributed by atoms with van der Waals surface area (Å²) in [5, 5.41) is 3.36. The number of hydrogen-bond donors (Lipinski definition) is 2. The van der Waals surface area contributed by atoms with E-state index in [4.69, 9.17) is 4.74 Å². The summed E-state index contributed by atoms with van der Waals surface area (Å²) in [7, 11) is 0. The van der Waals surface area contributed by atoms with E-state index in [1.807, 2.05) is 13.8 Å². The summed E-state index contributed by atoms with van der Waals surface area (Å²) in [6, 6.07) is -0.00109. The summed E-state index contributed by atoms with van der Waals surface area (Å²) in [4.78, 5) is 45.0. The molecule has 0 fully saturated rings. The zero-order valence-corrected chi connectivity index (χ0v) is 15.8. The van der Waals surface area contributed by atoms with E-state index in [1.54, 1.807) is 11.3 Å². The summed E-state index contributed by atoms with van der Waals surface area (Å²) in [5.41, 5.74) is 1.02. The quantitative estimate of drug-likeness (QED) is 0.749. The lowest BCUT2D eigenvalue weighted by Gasteiger charge is -2.09. The smallest absolute Gasteiger partial charge is 0.306 e. The molecule has 0 radical (unpaired) electrons. The summed E-state index contributed by atoms with van der Waals surface area (Å²) in [6.07, 6.45) is 4.55. The molecule has 7 nitrogen and oxygen atoms in total. The number of aromatic amines is 1. The fourth-order valence-corrected chi connectivity index (χ4v) is 4.41. The van der Waals surface area contributed by atoms with Crippen LogP contribution in [0, 0.1) is 0 Å². The van der Waals surface area contributed by atoms with Gasteiger partial charge in [-0.3, -0.25) is 14.4 Å². The summed E-state index contributed by atoms with van der Waals surface area (Å²) in [6.45, 7) is 3.37. The molecular formula is C18H23N3O4S. The number of amides is 1. The lowest BCUT2D eigenvalue weighted by molar-refractivity contribution is -0.148. The van der Waals surface area contributed by atoms with Crippen LogP contribution in [0.1, 0.15) is 49.4 Å². The Morgan fingerprint density at radius 3 is 2.85 bits per heavy atom. The zero-order valence-electron chi connectivity index (χ0n) is 15.0. The number of H-pyrrole nitrogens is 1. The number of thiophene rings is 1. The molecule has 26 heavy (non-hydrogen) atoms. The van der Waals surface area contributed by atoms with Gasteiger partial charge in [-0.25, -0.2) is 4.98 Å². The van der Waals surface area contributed by atoms with Gasteiger partial charge in [-0.15, -0.1) is 11.3 Å². The van der Waals surface area contributed by atoms with E-state index in [-0.39, 0.29) is 37.0 Å². The van der Waals surface area contributed by atoms with Crippen molar-refractivity contribution >= 4 is 33.4 Å². The van der Waals surface area contributed by atoms with Crippen LogP contribution in [0.5, 0.6) is 0 Å². The minimum Gasteiger partial charge on any atom is -0.456 e. The second-order valence-electron chi connectivity index (χ2n) is 6.79. The number of carbonyl (C=O) groups excluding carboxylic acids is 2. The van der Waals surface area contributed by atoms with Crippen molar-refractivity contribution in [3.05, 3.63) is 26.6 Å². The van der Waals surface area contributed by atoms with Crippen LogP contribution in [0.4, 0.5) is 0 Å². The largest absolute Gasteiger partial charge is 0.456 e. The minimum absolute atomic E-state index is 0.00109. The molecule has 1 amide bonds. The van der Waals surface area contributed by atoms with Crippen LogP contribution in [0.2, 0.25) is 0 Å². The highest BCUT2D eigenvalue weighted by Crippen LogP contribution is 2.33. The molecule has 0 atom stereocenters. The number of nitrogens with zero attached hydrogens (tertiary/aromatic N) is 1. The van der Waals surface area contributed by atoms with Gasteiger partial charge < -0.3 is 15.0 Å². The van der Waals surface area contributed by atoms with Gasteiger partial charge in [0, 0.05) is 17.3 Å². The average molecular weight is 377 g/mol. The number of aromatic nitrogens is 2. The number of hydrogen-bond acceptors (Lipinski definition) is 6. The fourth-order valence-electron chi connectivity index (χ4n) is 3.13. The molecule has 0 aliphatic heterocycles. The number of ether oxygens (including phenoxy) is 1. The van der Waals surface area contributed by atoms with Crippen LogP contribution >= 0.6 is 11.3 Å². The fraction of sp³-hybridized carbons (Fsp3) is 0.556. The molecule has 0 saturated heterocycles. The highest BCUT2D eigenvalue weighted by atomic mass is 32.1. The Hall–Kier alpha value is -2.22.